The second-order valence-corrected chi connectivity index (χ2v) is 7.40. The molecule has 2 aromatic rings. The van der Waals surface area contributed by atoms with Crippen LogP contribution in [0.15, 0.2) is 22.9 Å². The Morgan fingerprint density at radius 3 is 1.28 bits per heavy atom. The normalized spacial score (nSPS) is 19.2. The van der Waals surface area contributed by atoms with Crippen LogP contribution in [-0.4, -0.2) is 52.9 Å². The molecule has 4 bridgehead atoms. The van der Waals surface area contributed by atoms with Crippen LogP contribution in [0.25, 0.3) is 9.75 Å². The molecule has 0 saturated carbocycles. The van der Waals surface area contributed by atoms with Crippen molar-refractivity contribution in [3.63, 3.8) is 0 Å². The number of rotatable bonds is 0. The molecule has 1 aliphatic heterocycles. The van der Waals surface area contributed by atoms with Gasteiger partial charge in [0.1, 0.15) is 0 Å². The summed E-state index contributed by atoms with van der Waals surface area (Å²) in [6, 6.07) is 4.40. The van der Waals surface area contributed by atoms with Gasteiger partial charge in [0.25, 0.3) is 0 Å². The summed E-state index contributed by atoms with van der Waals surface area (Å²) < 4.78 is 27.7. The first kappa shape index (κ1) is 19.0. The van der Waals surface area contributed by atoms with Crippen LogP contribution in [0.1, 0.15) is 11.1 Å². The predicted octanol–water partition coefficient (Wildman–Crippen LogP) is 3.57. The van der Waals surface area contributed by atoms with Gasteiger partial charge in [-0.05, 0) is 34.0 Å². The van der Waals surface area contributed by atoms with Crippen LogP contribution in [0, 0.1) is 0 Å². The molecule has 138 valence electrons. The van der Waals surface area contributed by atoms with Gasteiger partial charge in [0, 0.05) is 9.75 Å². The van der Waals surface area contributed by atoms with Crippen LogP contribution in [0.5, 0.6) is 0 Å². The van der Waals surface area contributed by atoms with E-state index in [1.165, 1.54) is 20.9 Å². The summed E-state index contributed by atoms with van der Waals surface area (Å²) in [5.41, 5.74) is 2.41. The largest absolute Gasteiger partial charge is 0.377 e. The van der Waals surface area contributed by atoms with E-state index in [2.05, 4.69) is 22.9 Å². The monoisotopic (exact) mass is 384 g/mol. The summed E-state index contributed by atoms with van der Waals surface area (Å²) in [6.07, 6.45) is 0. The van der Waals surface area contributed by atoms with Crippen molar-refractivity contribution in [3.8, 4) is 9.75 Å². The summed E-state index contributed by atoms with van der Waals surface area (Å²) in [5, 5.41) is 4.31. The molecule has 0 radical (unpaired) electrons. The van der Waals surface area contributed by atoms with E-state index in [1.807, 2.05) is 0 Å². The highest BCUT2D eigenvalue weighted by Crippen LogP contribution is 2.33. The van der Waals surface area contributed by atoms with Gasteiger partial charge in [-0.2, -0.15) is 0 Å². The zero-order valence-corrected chi connectivity index (χ0v) is 15.9. The second kappa shape index (κ2) is 11.0. The molecular formula is C18H24O5S2. The topological polar surface area (TPSA) is 46.2 Å². The Morgan fingerprint density at radius 1 is 0.520 bits per heavy atom. The lowest BCUT2D eigenvalue weighted by molar-refractivity contribution is -0.0137. The first-order chi connectivity index (χ1) is 12.4. The second-order valence-electron chi connectivity index (χ2n) is 5.58. The summed E-state index contributed by atoms with van der Waals surface area (Å²) in [6.45, 7) is 5.91. The van der Waals surface area contributed by atoms with Crippen molar-refractivity contribution in [2.45, 2.75) is 13.2 Å². The molecule has 0 unspecified atom stereocenters. The van der Waals surface area contributed by atoms with Crippen LogP contribution < -0.4 is 0 Å². The molecule has 0 spiro atoms. The van der Waals surface area contributed by atoms with Gasteiger partial charge in [0.2, 0.25) is 0 Å². The van der Waals surface area contributed by atoms with E-state index in [1.54, 1.807) is 22.7 Å². The van der Waals surface area contributed by atoms with E-state index in [0.717, 1.165) is 0 Å². The van der Waals surface area contributed by atoms with E-state index < -0.39 is 0 Å². The Labute approximate surface area is 156 Å². The smallest absolute Gasteiger partial charge is 0.0726 e. The van der Waals surface area contributed by atoms with Crippen LogP contribution in [0.3, 0.4) is 0 Å². The van der Waals surface area contributed by atoms with Crippen LogP contribution in [0.4, 0.5) is 0 Å². The maximum absolute atomic E-state index is 5.67. The lowest BCUT2D eigenvalue weighted by Gasteiger charge is -2.07. The zero-order chi connectivity index (χ0) is 17.2. The van der Waals surface area contributed by atoms with Crippen molar-refractivity contribution in [3.05, 3.63) is 34.0 Å². The third kappa shape index (κ3) is 6.79. The Bertz CT molecular complexity index is 558. The van der Waals surface area contributed by atoms with Crippen LogP contribution in [-0.2, 0) is 36.9 Å². The van der Waals surface area contributed by atoms with Crippen molar-refractivity contribution in [1.82, 2.24) is 0 Å². The standard InChI is InChI=1S/C18H24O5S2/c1-3-20-5-7-22-11-15-9-17(24-13-15)18-10-16(14-25-18)12-23-8-6-21-4-2-19-1/h9-10,13-14H,1-8,11-12H2. The van der Waals surface area contributed by atoms with Gasteiger partial charge in [0.05, 0.1) is 66.1 Å². The highest BCUT2D eigenvalue weighted by Gasteiger charge is 2.07. The van der Waals surface area contributed by atoms with Gasteiger partial charge in [-0.25, -0.2) is 0 Å². The van der Waals surface area contributed by atoms with Gasteiger partial charge in [-0.1, -0.05) is 0 Å². The minimum atomic E-state index is 0.577. The first-order valence-corrected chi connectivity index (χ1v) is 10.2. The maximum Gasteiger partial charge on any atom is 0.0726 e. The van der Waals surface area contributed by atoms with E-state index in [-0.39, 0.29) is 0 Å². The predicted molar refractivity (Wildman–Crippen MR) is 99.4 cm³/mol. The molecule has 25 heavy (non-hydrogen) atoms. The molecule has 0 atom stereocenters. The minimum absolute atomic E-state index is 0.577. The van der Waals surface area contributed by atoms with Crippen LogP contribution >= 0.6 is 22.7 Å². The highest BCUT2D eigenvalue weighted by atomic mass is 32.1. The number of thiophene rings is 2. The molecule has 0 N–H and O–H groups in total. The fourth-order valence-corrected chi connectivity index (χ4v) is 4.23. The van der Waals surface area contributed by atoms with E-state index >= 15 is 0 Å². The number of hydrogen-bond donors (Lipinski definition) is 0. The van der Waals surface area contributed by atoms with Gasteiger partial charge in [0.15, 0.2) is 0 Å². The molecule has 0 saturated heterocycles. The van der Waals surface area contributed by atoms with E-state index in [9.17, 15) is 0 Å². The number of ether oxygens (including phenoxy) is 5. The SMILES string of the molecule is c1sc2cc1COCCOCCOCCOCCOCc1csc-2c1. The summed E-state index contributed by atoms with van der Waals surface area (Å²) >= 11 is 3.50. The Morgan fingerprint density at radius 2 is 0.880 bits per heavy atom. The first-order valence-electron chi connectivity index (χ1n) is 8.46. The van der Waals surface area contributed by atoms with Gasteiger partial charge >= 0.3 is 0 Å². The van der Waals surface area contributed by atoms with Crippen molar-refractivity contribution in [2.24, 2.45) is 0 Å². The quantitative estimate of drug-likeness (QED) is 0.695. The molecule has 0 aliphatic carbocycles. The maximum atomic E-state index is 5.67. The van der Waals surface area contributed by atoms with Crippen molar-refractivity contribution < 1.29 is 23.7 Å². The van der Waals surface area contributed by atoms with Gasteiger partial charge in [-0.15, -0.1) is 22.7 Å². The van der Waals surface area contributed by atoms with Crippen molar-refractivity contribution in [1.29, 1.82) is 0 Å². The van der Waals surface area contributed by atoms with Crippen molar-refractivity contribution >= 4 is 22.7 Å². The van der Waals surface area contributed by atoms with E-state index in [0.29, 0.717) is 66.1 Å². The third-order valence-electron chi connectivity index (χ3n) is 3.58. The fourth-order valence-electron chi connectivity index (χ4n) is 2.32. The van der Waals surface area contributed by atoms with Gasteiger partial charge < -0.3 is 23.7 Å². The average molecular weight is 385 g/mol. The summed E-state index contributed by atoms with van der Waals surface area (Å²) in [7, 11) is 0. The van der Waals surface area contributed by atoms with Gasteiger partial charge in [-0.3, -0.25) is 0 Å². The lowest BCUT2D eigenvalue weighted by Crippen LogP contribution is -2.13. The average Bonchev–Trinajstić information content (AvgIpc) is 3.27. The third-order valence-corrected chi connectivity index (χ3v) is 5.73. The zero-order valence-electron chi connectivity index (χ0n) is 14.2. The number of fused-ring (bicyclic) bond motifs is 5. The van der Waals surface area contributed by atoms with Crippen LogP contribution in [0.2, 0.25) is 0 Å². The minimum Gasteiger partial charge on any atom is -0.377 e. The van der Waals surface area contributed by atoms with E-state index in [4.69, 9.17) is 23.7 Å². The molecule has 3 rings (SSSR count). The lowest BCUT2D eigenvalue weighted by atomic mass is 10.2. The van der Waals surface area contributed by atoms with Crippen molar-refractivity contribution in [2.75, 3.05) is 52.9 Å². The molecule has 5 nitrogen and oxygen atoms in total. The Balaban J connectivity index is 1.53. The molecule has 0 aromatic carbocycles. The number of hydrogen-bond acceptors (Lipinski definition) is 7. The summed E-state index contributed by atoms with van der Waals surface area (Å²) in [4.78, 5) is 2.55. The highest BCUT2D eigenvalue weighted by molar-refractivity contribution is 7.20. The molecule has 1 aliphatic rings. The molecule has 7 heteroatoms. The molecular weight excluding hydrogens is 360 g/mol. The molecule has 2 aromatic heterocycles. The Hall–Kier alpha value is -0.800. The Kier molecular flexibility index (Phi) is 8.37. The molecule has 0 amide bonds. The summed E-state index contributed by atoms with van der Waals surface area (Å²) in [5.74, 6) is 0. The molecule has 3 heterocycles. The fraction of sp³-hybridized carbons (Fsp3) is 0.556. The molecule has 0 fully saturated rings.